The molecular weight excluding hydrogens is 430 g/mol. The molecule has 5 atom stereocenters. The summed E-state index contributed by atoms with van der Waals surface area (Å²) < 4.78 is 0. The Balaban J connectivity index is 5.02. The van der Waals surface area contributed by atoms with Crippen LogP contribution in [0.4, 0.5) is 0 Å². The Bertz CT molecular complexity index is 694. The van der Waals surface area contributed by atoms with E-state index in [9.17, 15) is 24.3 Å². The van der Waals surface area contributed by atoms with Crippen LogP contribution in [0.2, 0.25) is 0 Å². The van der Waals surface area contributed by atoms with Gasteiger partial charge in [-0.1, -0.05) is 34.1 Å². The minimum Gasteiger partial charge on any atom is -0.480 e. The molecule has 0 aliphatic heterocycles. The molecule has 0 saturated carbocycles. The van der Waals surface area contributed by atoms with Crippen LogP contribution in [0.25, 0.3) is 0 Å². The van der Waals surface area contributed by atoms with Gasteiger partial charge in [0.2, 0.25) is 17.7 Å². The summed E-state index contributed by atoms with van der Waals surface area (Å²) in [5, 5.41) is 17.1. The van der Waals surface area contributed by atoms with Gasteiger partial charge in [-0.3, -0.25) is 19.4 Å². The first-order valence-corrected chi connectivity index (χ1v) is 11.2. The van der Waals surface area contributed by atoms with Crippen molar-refractivity contribution in [3.05, 3.63) is 0 Å². The van der Waals surface area contributed by atoms with Gasteiger partial charge >= 0.3 is 5.97 Å². The standard InChI is InChI=1S/C21H41N7O5/c1-6-12(4)16(19(31)27-15(20(32)33)10-11(2)3)28-17(29)13(5)26-18(30)14(22)8-7-9-25-21(23)24/h11-16H,6-10,22H2,1-5H3,(H,26,30)(H,27,31)(H,28,29)(H,32,33)(H4,23,24,25). The molecule has 5 unspecified atom stereocenters. The van der Waals surface area contributed by atoms with Gasteiger partial charge in [-0.15, -0.1) is 0 Å². The monoisotopic (exact) mass is 471 g/mol. The van der Waals surface area contributed by atoms with Crippen LogP contribution in [0.3, 0.4) is 0 Å². The van der Waals surface area contributed by atoms with Gasteiger partial charge in [0, 0.05) is 6.54 Å². The number of rotatable bonds is 15. The molecule has 0 aromatic rings. The number of carbonyl (C=O) groups excluding carboxylic acids is 3. The normalized spacial score (nSPS) is 15.5. The van der Waals surface area contributed by atoms with Crippen molar-refractivity contribution in [2.24, 2.45) is 34.0 Å². The quantitative estimate of drug-likeness (QED) is 0.0892. The number of nitrogens with two attached hydrogens (primary N) is 3. The number of amides is 3. The van der Waals surface area contributed by atoms with E-state index in [1.807, 2.05) is 20.8 Å². The average Bonchev–Trinajstić information content (AvgIpc) is 2.72. The van der Waals surface area contributed by atoms with Crippen molar-refractivity contribution in [3.8, 4) is 0 Å². The third kappa shape index (κ3) is 12.1. The highest BCUT2D eigenvalue weighted by Gasteiger charge is 2.31. The van der Waals surface area contributed by atoms with Crippen LogP contribution in [0, 0.1) is 11.8 Å². The van der Waals surface area contributed by atoms with E-state index in [1.54, 1.807) is 6.92 Å². The summed E-state index contributed by atoms with van der Waals surface area (Å²) in [5.41, 5.74) is 16.3. The molecule has 0 aromatic carbocycles. The number of guanidine groups is 1. The van der Waals surface area contributed by atoms with Crippen LogP contribution in [0.15, 0.2) is 4.99 Å². The van der Waals surface area contributed by atoms with Crippen molar-refractivity contribution in [1.82, 2.24) is 16.0 Å². The smallest absolute Gasteiger partial charge is 0.326 e. The predicted molar refractivity (Wildman–Crippen MR) is 126 cm³/mol. The van der Waals surface area contributed by atoms with E-state index >= 15 is 0 Å². The van der Waals surface area contributed by atoms with Crippen LogP contribution in [-0.2, 0) is 19.2 Å². The molecule has 12 heteroatoms. The SMILES string of the molecule is CCC(C)C(NC(=O)C(C)NC(=O)C(N)CCCN=C(N)N)C(=O)NC(CC(C)C)C(=O)O. The molecule has 0 spiro atoms. The van der Waals surface area contributed by atoms with Gasteiger partial charge in [-0.05, 0) is 38.0 Å². The number of hydrogen-bond acceptors (Lipinski definition) is 6. The lowest BCUT2D eigenvalue weighted by Crippen LogP contribution is -2.58. The summed E-state index contributed by atoms with van der Waals surface area (Å²) in [4.78, 5) is 53.0. The molecule has 0 fully saturated rings. The molecule has 0 radical (unpaired) electrons. The molecular formula is C21H41N7O5. The van der Waals surface area contributed by atoms with Gasteiger partial charge in [0.25, 0.3) is 0 Å². The molecule has 0 bridgehead atoms. The number of aliphatic imine (C=N–C) groups is 1. The van der Waals surface area contributed by atoms with E-state index < -0.39 is 47.9 Å². The van der Waals surface area contributed by atoms with Crippen molar-refractivity contribution < 1.29 is 24.3 Å². The number of aliphatic carboxylic acids is 1. The molecule has 0 saturated heterocycles. The number of nitrogens with zero attached hydrogens (tertiary/aromatic N) is 1. The second-order valence-corrected chi connectivity index (χ2v) is 8.69. The molecule has 0 aromatic heterocycles. The highest BCUT2D eigenvalue weighted by molar-refractivity contribution is 5.94. The van der Waals surface area contributed by atoms with Gasteiger partial charge in [0.15, 0.2) is 5.96 Å². The highest BCUT2D eigenvalue weighted by atomic mass is 16.4. The van der Waals surface area contributed by atoms with Crippen LogP contribution in [-0.4, -0.2) is 65.5 Å². The average molecular weight is 472 g/mol. The molecule has 0 heterocycles. The fraction of sp³-hybridized carbons (Fsp3) is 0.762. The number of hydrogen-bond donors (Lipinski definition) is 7. The van der Waals surface area contributed by atoms with Crippen molar-refractivity contribution in [2.45, 2.75) is 84.5 Å². The number of carboxylic acids is 1. The minimum absolute atomic E-state index is 0.0444. The largest absolute Gasteiger partial charge is 0.480 e. The van der Waals surface area contributed by atoms with Gasteiger partial charge in [0.05, 0.1) is 6.04 Å². The van der Waals surface area contributed by atoms with E-state index in [2.05, 4.69) is 20.9 Å². The van der Waals surface area contributed by atoms with Crippen LogP contribution >= 0.6 is 0 Å². The maximum absolute atomic E-state index is 12.8. The molecule has 0 rings (SSSR count). The summed E-state index contributed by atoms with van der Waals surface area (Å²) >= 11 is 0. The lowest BCUT2D eigenvalue weighted by atomic mass is 9.96. The summed E-state index contributed by atoms with van der Waals surface area (Å²) in [6, 6.07) is -3.82. The Hall–Kier alpha value is -2.89. The van der Waals surface area contributed by atoms with Crippen molar-refractivity contribution in [3.63, 3.8) is 0 Å². The number of carboxylic acid groups (broad SMARTS) is 1. The summed E-state index contributed by atoms with van der Waals surface area (Å²) in [7, 11) is 0. The maximum atomic E-state index is 12.8. The van der Waals surface area contributed by atoms with Gasteiger partial charge in [-0.2, -0.15) is 0 Å². The molecule has 12 nitrogen and oxygen atoms in total. The molecule has 0 aliphatic rings. The van der Waals surface area contributed by atoms with Crippen molar-refractivity contribution in [1.29, 1.82) is 0 Å². The Morgan fingerprint density at radius 2 is 1.55 bits per heavy atom. The fourth-order valence-electron chi connectivity index (χ4n) is 2.97. The molecule has 10 N–H and O–H groups in total. The molecule has 3 amide bonds. The first-order chi connectivity index (χ1) is 15.3. The summed E-state index contributed by atoms with van der Waals surface area (Å²) in [5.74, 6) is -3.06. The van der Waals surface area contributed by atoms with E-state index in [0.717, 1.165) is 0 Å². The predicted octanol–water partition coefficient (Wildman–Crippen LogP) is -0.982. The van der Waals surface area contributed by atoms with E-state index in [0.29, 0.717) is 25.8 Å². The molecule has 33 heavy (non-hydrogen) atoms. The Morgan fingerprint density at radius 1 is 0.939 bits per heavy atom. The van der Waals surface area contributed by atoms with Crippen LogP contribution in [0.5, 0.6) is 0 Å². The Kier molecular flexibility index (Phi) is 13.7. The van der Waals surface area contributed by atoms with Crippen molar-refractivity contribution >= 4 is 29.7 Å². The van der Waals surface area contributed by atoms with E-state index in [1.165, 1.54) is 6.92 Å². The Labute approximate surface area is 195 Å². The number of carbonyl (C=O) groups is 4. The first-order valence-electron chi connectivity index (χ1n) is 11.2. The van der Waals surface area contributed by atoms with E-state index in [-0.39, 0.29) is 24.2 Å². The summed E-state index contributed by atoms with van der Waals surface area (Å²) in [6.45, 7) is 9.14. The van der Waals surface area contributed by atoms with Crippen LogP contribution < -0.4 is 33.2 Å². The summed E-state index contributed by atoms with van der Waals surface area (Å²) in [6.07, 6.45) is 1.64. The second kappa shape index (κ2) is 15.0. The number of nitrogens with one attached hydrogen (secondary N) is 3. The van der Waals surface area contributed by atoms with Crippen molar-refractivity contribution in [2.75, 3.05) is 6.54 Å². The zero-order valence-electron chi connectivity index (χ0n) is 20.3. The Morgan fingerprint density at radius 3 is 2.03 bits per heavy atom. The fourth-order valence-corrected chi connectivity index (χ4v) is 2.97. The lowest BCUT2D eigenvalue weighted by Gasteiger charge is -2.27. The lowest BCUT2D eigenvalue weighted by molar-refractivity contribution is -0.143. The first kappa shape index (κ1) is 30.1. The van der Waals surface area contributed by atoms with Gasteiger partial charge in [-0.25, -0.2) is 4.79 Å². The topological polar surface area (TPSA) is 215 Å². The third-order valence-corrected chi connectivity index (χ3v) is 5.17. The molecule has 190 valence electrons. The minimum atomic E-state index is -1.14. The maximum Gasteiger partial charge on any atom is 0.326 e. The van der Waals surface area contributed by atoms with Gasteiger partial charge in [0.1, 0.15) is 18.1 Å². The highest BCUT2D eigenvalue weighted by Crippen LogP contribution is 2.11. The third-order valence-electron chi connectivity index (χ3n) is 5.17. The second-order valence-electron chi connectivity index (χ2n) is 8.69. The van der Waals surface area contributed by atoms with Gasteiger partial charge < -0.3 is 38.3 Å². The zero-order valence-corrected chi connectivity index (χ0v) is 20.3. The van der Waals surface area contributed by atoms with Crippen LogP contribution in [0.1, 0.15) is 60.3 Å². The molecule has 0 aliphatic carbocycles. The van der Waals surface area contributed by atoms with E-state index in [4.69, 9.17) is 17.2 Å². The zero-order chi connectivity index (χ0) is 25.7.